The van der Waals surface area contributed by atoms with Gasteiger partial charge in [0.15, 0.2) is 0 Å². The Kier molecular flexibility index (Phi) is 4.66. The number of nitrogens with zero attached hydrogens (tertiary/aromatic N) is 1. The minimum Gasteiger partial charge on any atom is -0.465 e. The molecule has 0 atom stereocenters. The molecule has 1 N–H and O–H groups in total. The SMILES string of the molecule is COC(=O)c1cc(Cl)ccc1NC1CCN(C)CC1. The predicted molar refractivity (Wildman–Crippen MR) is 76.9 cm³/mol. The zero-order valence-electron chi connectivity index (χ0n) is 11.3. The molecule has 104 valence electrons. The molecule has 4 nitrogen and oxygen atoms in total. The molecule has 0 radical (unpaired) electrons. The molecule has 19 heavy (non-hydrogen) atoms. The quantitative estimate of drug-likeness (QED) is 0.866. The number of piperidine rings is 1. The fraction of sp³-hybridized carbons (Fsp3) is 0.500. The number of anilines is 1. The van der Waals surface area contributed by atoms with Crippen LogP contribution in [0, 0.1) is 0 Å². The van der Waals surface area contributed by atoms with Gasteiger partial charge in [-0.1, -0.05) is 11.6 Å². The number of likely N-dealkylation sites (tertiary alicyclic amines) is 1. The second-order valence-electron chi connectivity index (χ2n) is 4.90. The lowest BCUT2D eigenvalue weighted by Crippen LogP contribution is -2.37. The molecule has 1 aromatic rings. The standard InChI is InChI=1S/C14H19ClN2O2/c1-17-7-5-11(6-8-17)16-13-4-3-10(15)9-12(13)14(18)19-2/h3-4,9,11,16H,5-8H2,1-2H3. The van der Waals surface area contributed by atoms with Crippen LogP contribution in [0.5, 0.6) is 0 Å². The lowest BCUT2D eigenvalue weighted by molar-refractivity contribution is 0.0601. The summed E-state index contributed by atoms with van der Waals surface area (Å²) in [4.78, 5) is 14.1. The van der Waals surface area contributed by atoms with E-state index in [-0.39, 0.29) is 5.97 Å². The van der Waals surface area contributed by atoms with Gasteiger partial charge in [-0.05, 0) is 51.2 Å². The third-order valence-corrected chi connectivity index (χ3v) is 3.70. The first-order chi connectivity index (χ1) is 9.10. The van der Waals surface area contributed by atoms with Gasteiger partial charge in [0.25, 0.3) is 0 Å². The topological polar surface area (TPSA) is 41.6 Å². The number of esters is 1. The Bertz CT molecular complexity index is 457. The number of hydrogen-bond acceptors (Lipinski definition) is 4. The molecule has 0 saturated carbocycles. The summed E-state index contributed by atoms with van der Waals surface area (Å²) < 4.78 is 4.79. The van der Waals surface area contributed by atoms with E-state index in [4.69, 9.17) is 16.3 Å². The molecule has 0 aromatic heterocycles. The largest absolute Gasteiger partial charge is 0.465 e. The van der Waals surface area contributed by atoms with Crippen LogP contribution in [-0.2, 0) is 4.74 Å². The third kappa shape index (κ3) is 3.61. The van der Waals surface area contributed by atoms with E-state index in [0.717, 1.165) is 31.6 Å². The third-order valence-electron chi connectivity index (χ3n) is 3.47. The Hall–Kier alpha value is -1.26. The summed E-state index contributed by atoms with van der Waals surface area (Å²) in [6, 6.07) is 5.66. The monoisotopic (exact) mass is 282 g/mol. The van der Waals surface area contributed by atoms with E-state index in [9.17, 15) is 4.79 Å². The van der Waals surface area contributed by atoms with Gasteiger partial charge in [-0.3, -0.25) is 0 Å². The van der Waals surface area contributed by atoms with Crippen LogP contribution in [0.4, 0.5) is 5.69 Å². The highest BCUT2D eigenvalue weighted by Crippen LogP contribution is 2.24. The normalized spacial score (nSPS) is 17.2. The average molecular weight is 283 g/mol. The molecule has 0 unspecified atom stereocenters. The fourth-order valence-corrected chi connectivity index (χ4v) is 2.47. The van der Waals surface area contributed by atoms with Crippen LogP contribution >= 0.6 is 11.6 Å². The van der Waals surface area contributed by atoms with Gasteiger partial charge in [0.2, 0.25) is 0 Å². The number of hydrogen-bond donors (Lipinski definition) is 1. The lowest BCUT2D eigenvalue weighted by atomic mass is 10.0. The summed E-state index contributed by atoms with van der Waals surface area (Å²) in [6.07, 6.45) is 2.14. The number of halogens is 1. The number of carbonyl (C=O) groups excluding carboxylic acids is 1. The number of benzene rings is 1. The number of methoxy groups -OCH3 is 1. The highest BCUT2D eigenvalue weighted by atomic mass is 35.5. The second-order valence-corrected chi connectivity index (χ2v) is 5.34. The summed E-state index contributed by atoms with van der Waals surface area (Å²) in [6.45, 7) is 2.14. The van der Waals surface area contributed by atoms with Gasteiger partial charge in [0.1, 0.15) is 0 Å². The first-order valence-electron chi connectivity index (χ1n) is 6.43. The maximum Gasteiger partial charge on any atom is 0.340 e. The molecule has 1 saturated heterocycles. The van der Waals surface area contributed by atoms with Crippen LogP contribution in [0.25, 0.3) is 0 Å². The lowest BCUT2D eigenvalue weighted by Gasteiger charge is -2.30. The molecule has 2 rings (SSSR count). The number of carbonyl (C=O) groups is 1. The van der Waals surface area contributed by atoms with E-state index in [2.05, 4.69) is 17.3 Å². The summed E-state index contributed by atoms with van der Waals surface area (Å²) in [5.74, 6) is -0.363. The minimum atomic E-state index is -0.363. The molecule has 1 aliphatic heterocycles. The zero-order chi connectivity index (χ0) is 13.8. The van der Waals surface area contributed by atoms with Crippen molar-refractivity contribution in [3.8, 4) is 0 Å². The van der Waals surface area contributed by atoms with E-state index in [1.54, 1.807) is 12.1 Å². The first kappa shape index (κ1) is 14.2. The number of nitrogens with one attached hydrogen (secondary N) is 1. The molecular weight excluding hydrogens is 264 g/mol. The van der Waals surface area contributed by atoms with Crippen LogP contribution in [0.3, 0.4) is 0 Å². The highest BCUT2D eigenvalue weighted by molar-refractivity contribution is 6.31. The van der Waals surface area contributed by atoms with E-state index in [0.29, 0.717) is 16.6 Å². The van der Waals surface area contributed by atoms with Crippen LogP contribution < -0.4 is 5.32 Å². The Morgan fingerprint density at radius 3 is 2.74 bits per heavy atom. The average Bonchev–Trinajstić information content (AvgIpc) is 2.42. The van der Waals surface area contributed by atoms with Crippen molar-refractivity contribution in [3.05, 3.63) is 28.8 Å². The summed E-state index contributed by atoms with van der Waals surface area (Å²) in [5, 5.41) is 3.96. The Balaban J connectivity index is 2.13. The van der Waals surface area contributed by atoms with Crippen LogP contribution in [0.15, 0.2) is 18.2 Å². The van der Waals surface area contributed by atoms with Gasteiger partial charge < -0.3 is 15.0 Å². The molecule has 1 fully saturated rings. The molecule has 5 heteroatoms. The van der Waals surface area contributed by atoms with Crippen molar-refractivity contribution in [3.63, 3.8) is 0 Å². The van der Waals surface area contributed by atoms with Crippen molar-refractivity contribution in [2.45, 2.75) is 18.9 Å². The van der Waals surface area contributed by atoms with Gasteiger partial charge in [-0.2, -0.15) is 0 Å². The van der Waals surface area contributed by atoms with E-state index < -0.39 is 0 Å². The molecule has 0 spiro atoms. The number of rotatable bonds is 3. The van der Waals surface area contributed by atoms with Crippen molar-refractivity contribution < 1.29 is 9.53 Å². The van der Waals surface area contributed by atoms with Gasteiger partial charge in [0, 0.05) is 16.8 Å². The summed E-state index contributed by atoms with van der Waals surface area (Å²) in [5.41, 5.74) is 1.29. The first-order valence-corrected chi connectivity index (χ1v) is 6.81. The van der Waals surface area contributed by atoms with Crippen molar-refractivity contribution in [2.24, 2.45) is 0 Å². The summed E-state index contributed by atoms with van der Waals surface area (Å²) >= 11 is 5.94. The molecule has 0 aliphatic carbocycles. The Labute approximate surface area is 118 Å². The fourth-order valence-electron chi connectivity index (χ4n) is 2.29. The van der Waals surface area contributed by atoms with E-state index in [1.807, 2.05) is 6.07 Å². The molecule has 0 bridgehead atoms. The van der Waals surface area contributed by atoms with Crippen LogP contribution in [0.1, 0.15) is 23.2 Å². The number of ether oxygens (including phenoxy) is 1. The Morgan fingerprint density at radius 2 is 2.11 bits per heavy atom. The van der Waals surface area contributed by atoms with E-state index >= 15 is 0 Å². The molecule has 0 amide bonds. The van der Waals surface area contributed by atoms with Gasteiger partial charge in [0.05, 0.1) is 12.7 Å². The van der Waals surface area contributed by atoms with Crippen LogP contribution in [0.2, 0.25) is 5.02 Å². The maximum absolute atomic E-state index is 11.8. The molecule has 1 heterocycles. The highest BCUT2D eigenvalue weighted by Gasteiger charge is 2.19. The zero-order valence-corrected chi connectivity index (χ0v) is 12.0. The maximum atomic E-state index is 11.8. The summed E-state index contributed by atoms with van der Waals surface area (Å²) in [7, 11) is 3.50. The Morgan fingerprint density at radius 1 is 1.42 bits per heavy atom. The van der Waals surface area contributed by atoms with Gasteiger partial charge >= 0.3 is 5.97 Å². The smallest absolute Gasteiger partial charge is 0.340 e. The van der Waals surface area contributed by atoms with Crippen molar-refractivity contribution in [1.29, 1.82) is 0 Å². The minimum absolute atomic E-state index is 0.363. The second kappa shape index (κ2) is 6.26. The van der Waals surface area contributed by atoms with Gasteiger partial charge in [-0.15, -0.1) is 0 Å². The van der Waals surface area contributed by atoms with Crippen molar-refractivity contribution in [1.82, 2.24) is 4.90 Å². The molecule has 1 aromatic carbocycles. The van der Waals surface area contributed by atoms with Crippen LogP contribution in [-0.4, -0.2) is 44.2 Å². The van der Waals surface area contributed by atoms with Gasteiger partial charge in [-0.25, -0.2) is 4.79 Å². The van der Waals surface area contributed by atoms with E-state index in [1.165, 1.54) is 7.11 Å². The predicted octanol–water partition coefficient (Wildman–Crippen LogP) is 2.63. The van der Waals surface area contributed by atoms with Crippen molar-refractivity contribution >= 4 is 23.3 Å². The van der Waals surface area contributed by atoms with Crippen molar-refractivity contribution in [2.75, 3.05) is 32.6 Å². The molecule has 1 aliphatic rings. The molecular formula is C14H19ClN2O2.